The lowest BCUT2D eigenvalue weighted by molar-refractivity contribution is 0.253. The van der Waals surface area contributed by atoms with Crippen LogP contribution in [0.25, 0.3) is 0 Å². The molecule has 0 unspecified atom stereocenters. The highest BCUT2D eigenvalue weighted by Gasteiger charge is 2.04. The van der Waals surface area contributed by atoms with Crippen LogP contribution in [-0.2, 0) is 0 Å². The molecule has 24 heavy (non-hydrogen) atoms. The standard InChI is InChI=1S/C18H20N4O2/c1-3-11-19-17(23)20-14-7-9-15(10-8-14)21-18(24)22-16-6-4-5-13(2)12-16/h3-10,12H,1,11H2,2H3,(H2,19,20,23)(H2,21,22,24). The highest BCUT2D eigenvalue weighted by molar-refractivity contribution is 6.00. The van der Waals surface area contributed by atoms with Crippen molar-refractivity contribution in [3.05, 3.63) is 66.7 Å². The summed E-state index contributed by atoms with van der Waals surface area (Å²) in [6, 6.07) is 13.7. The van der Waals surface area contributed by atoms with Crippen molar-refractivity contribution < 1.29 is 9.59 Å². The first-order valence-electron chi connectivity index (χ1n) is 7.47. The molecule has 4 amide bonds. The fourth-order valence-electron chi connectivity index (χ4n) is 1.99. The molecule has 0 spiro atoms. The Morgan fingerprint density at radius 2 is 1.50 bits per heavy atom. The van der Waals surface area contributed by atoms with Crippen LogP contribution >= 0.6 is 0 Å². The lowest BCUT2D eigenvalue weighted by Crippen LogP contribution is -2.28. The van der Waals surface area contributed by atoms with Gasteiger partial charge in [-0.3, -0.25) is 0 Å². The predicted molar refractivity (Wildman–Crippen MR) is 97.5 cm³/mol. The lowest BCUT2D eigenvalue weighted by atomic mass is 10.2. The van der Waals surface area contributed by atoms with E-state index in [9.17, 15) is 9.59 Å². The van der Waals surface area contributed by atoms with Crippen LogP contribution in [0, 0.1) is 6.92 Å². The van der Waals surface area contributed by atoms with Crippen LogP contribution in [-0.4, -0.2) is 18.6 Å². The molecule has 0 atom stereocenters. The van der Waals surface area contributed by atoms with Crippen LogP contribution in [0.3, 0.4) is 0 Å². The van der Waals surface area contributed by atoms with Crippen LogP contribution in [0.15, 0.2) is 61.2 Å². The average Bonchev–Trinajstić information content (AvgIpc) is 2.54. The number of amides is 4. The van der Waals surface area contributed by atoms with E-state index in [1.807, 2.05) is 31.2 Å². The van der Waals surface area contributed by atoms with Crippen LogP contribution < -0.4 is 21.3 Å². The number of anilines is 3. The molecule has 2 aromatic rings. The summed E-state index contributed by atoms with van der Waals surface area (Å²) in [5, 5.41) is 10.8. The molecule has 2 rings (SSSR count). The van der Waals surface area contributed by atoms with Crippen molar-refractivity contribution in [2.75, 3.05) is 22.5 Å². The van der Waals surface area contributed by atoms with Gasteiger partial charge in [-0.15, -0.1) is 6.58 Å². The normalized spacial score (nSPS) is 9.71. The van der Waals surface area contributed by atoms with Crippen molar-refractivity contribution in [1.82, 2.24) is 5.32 Å². The van der Waals surface area contributed by atoms with Crippen molar-refractivity contribution >= 4 is 29.1 Å². The number of carbonyl (C=O) groups excluding carboxylic acids is 2. The summed E-state index contributed by atoms with van der Waals surface area (Å²) in [7, 11) is 0. The zero-order chi connectivity index (χ0) is 17.4. The van der Waals surface area contributed by atoms with E-state index < -0.39 is 0 Å². The third-order valence-corrected chi connectivity index (χ3v) is 3.08. The Balaban J connectivity index is 1.87. The van der Waals surface area contributed by atoms with Gasteiger partial charge in [0.15, 0.2) is 0 Å². The maximum Gasteiger partial charge on any atom is 0.323 e. The summed E-state index contributed by atoms with van der Waals surface area (Å²) < 4.78 is 0. The molecular weight excluding hydrogens is 304 g/mol. The fourth-order valence-corrected chi connectivity index (χ4v) is 1.99. The van der Waals surface area contributed by atoms with Gasteiger partial charge >= 0.3 is 12.1 Å². The molecule has 6 nitrogen and oxygen atoms in total. The van der Waals surface area contributed by atoms with E-state index in [0.717, 1.165) is 11.3 Å². The smallest absolute Gasteiger partial charge is 0.323 e. The molecule has 4 N–H and O–H groups in total. The number of hydrogen-bond donors (Lipinski definition) is 4. The van der Waals surface area contributed by atoms with Crippen LogP contribution in [0.4, 0.5) is 26.7 Å². The molecule has 0 aliphatic rings. The zero-order valence-corrected chi connectivity index (χ0v) is 13.4. The molecular formula is C18H20N4O2. The van der Waals surface area contributed by atoms with Crippen molar-refractivity contribution in [2.24, 2.45) is 0 Å². The summed E-state index contributed by atoms with van der Waals surface area (Å²) in [5.74, 6) is 0. The minimum Gasteiger partial charge on any atom is -0.334 e. The van der Waals surface area contributed by atoms with Gasteiger partial charge in [0.1, 0.15) is 0 Å². The summed E-state index contributed by atoms with van der Waals surface area (Å²) in [5.41, 5.74) is 3.04. The maximum absolute atomic E-state index is 12.0. The minimum atomic E-state index is -0.329. The number of benzene rings is 2. The quantitative estimate of drug-likeness (QED) is 0.628. The van der Waals surface area contributed by atoms with Gasteiger partial charge in [-0.1, -0.05) is 18.2 Å². The first kappa shape index (κ1) is 17.1. The number of aryl methyl sites for hydroxylation is 1. The van der Waals surface area contributed by atoms with Crippen molar-refractivity contribution in [3.8, 4) is 0 Å². The van der Waals surface area contributed by atoms with Crippen LogP contribution in [0.5, 0.6) is 0 Å². The first-order valence-corrected chi connectivity index (χ1v) is 7.47. The Bertz CT molecular complexity index is 726. The molecule has 124 valence electrons. The Morgan fingerprint density at radius 1 is 0.917 bits per heavy atom. The van der Waals surface area contributed by atoms with E-state index in [1.165, 1.54) is 0 Å². The number of rotatable bonds is 5. The topological polar surface area (TPSA) is 82.3 Å². The summed E-state index contributed by atoms with van der Waals surface area (Å²) in [6.45, 7) is 5.88. The molecule has 2 aromatic carbocycles. The van der Waals surface area contributed by atoms with E-state index in [2.05, 4.69) is 27.8 Å². The molecule has 0 bridgehead atoms. The Labute approximate surface area is 141 Å². The van der Waals surface area contributed by atoms with Crippen molar-refractivity contribution in [1.29, 1.82) is 0 Å². The summed E-state index contributed by atoms with van der Waals surface area (Å²) >= 11 is 0. The molecule has 6 heteroatoms. The summed E-state index contributed by atoms with van der Waals surface area (Å²) in [6.07, 6.45) is 1.60. The van der Waals surface area contributed by atoms with E-state index in [-0.39, 0.29) is 12.1 Å². The molecule has 0 radical (unpaired) electrons. The van der Waals surface area contributed by atoms with Gasteiger partial charge in [-0.2, -0.15) is 0 Å². The van der Waals surface area contributed by atoms with E-state index in [1.54, 1.807) is 30.3 Å². The molecule has 0 heterocycles. The molecule has 0 aromatic heterocycles. The SMILES string of the molecule is C=CCNC(=O)Nc1ccc(NC(=O)Nc2cccc(C)c2)cc1. The third kappa shape index (κ3) is 5.49. The largest absolute Gasteiger partial charge is 0.334 e. The van der Waals surface area contributed by atoms with Gasteiger partial charge < -0.3 is 21.3 Å². The lowest BCUT2D eigenvalue weighted by Gasteiger charge is -2.10. The van der Waals surface area contributed by atoms with Gasteiger partial charge in [0.2, 0.25) is 0 Å². The highest BCUT2D eigenvalue weighted by Crippen LogP contribution is 2.15. The molecule has 0 fully saturated rings. The molecule has 0 aliphatic carbocycles. The van der Waals surface area contributed by atoms with Gasteiger partial charge in [-0.25, -0.2) is 9.59 Å². The number of carbonyl (C=O) groups is 2. The average molecular weight is 324 g/mol. The maximum atomic E-state index is 12.0. The molecule has 0 saturated heterocycles. The van der Waals surface area contributed by atoms with Crippen LogP contribution in [0.2, 0.25) is 0 Å². The van der Waals surface area contributed by atoms with Crippen molar-refractivity contribution in [3.63, 3.8) is 0 Å². The minimum absolute atomic E-state index is 0.312. The Hall–Kier alpha value is -3.28. The predicted octanol–water partition coefficient (Wildman–Crippen LogP) is 3.95. The second kappa shape index (κ2) is 8.38. The summed E-state index contributed by atoms with van der Waals surface area (Å²) in [4.78, 5) is 23.5. The first-order chi connectivity index (χ1) is 11.6. The van der Waals surface area contributed by atoms with E-state index >= 15 is 0 Å². The second-order valence-corrected chi connectivity index (χ2v) is 5.15. The number of hydrogen-bond acceptors (Lipinski definition) is 2. The monoisotopic (exact) mass is 324 g/mol. The number of urea groups is 2. The Kier molecular flexibility index (Phi) is 5.96. The van der Waals surface area contributed by atoms with E-state index in [0.29, 0.717) is 17.9 Å². The Morgan fingerprint density at radius 3 is 2.08 bits per heavy atom. The van der Waals surface area contributed by atoms with Gasteiger partial charge in [0, 0.05) is 23.6 Å². The van der Waals surface area contributed by atoms with Crippen LogP contribution in [0.1, 0.15) is 5.56 Å². The van der Waals surface area contributed by atoms with Crippen molar-refractivity contribution in [2.45, 2.75) is 6.92 Å². The second-order valence-electron chi connectivity index (χ2n) is 5.15. The van der Waals surface area contributed by atoms with Gasteiger partial charge in [0.25, 0.3) is 0 Å². The number of nitrogens with one attached hydrogen (secondary N) is 4. The third-order valence-electron chi connectivity index (χ3n) is 3.08. The van der Waals surface area contributed by atoms with E-state index in [4.69, 9.17) is 0 Å². The highest BCUT2D eigenvalue weighted by atomic mass is 16.2. The molecule has 0 aliphatic heterocycles. The zero-order valence-electron chi connectivity index (χ0n) is 13.4. The van der Waals surface area contributed by atoms with Gasteiger partial charge in [-0.05, 0) is 48.9 Å². The molecule has 0 saturated carbocycles. The van der Waals surface area contributed by atoms with Gasteiger partial charge in [0.05, 0.1) is 0 Å². The fraction of sp³-hybridized carbons (Fsp3) is 0.111.